The summed E-state index contributed by atoms with van der Waals surface area (Å²) in [7, 11) is 0. The zero-order chi connectivity index (χ0) is 29.6. The third kappa shape index (κ3) is 6.98. The van der Waals surface area contributed by atoms with E-state index in [-0.39, 0.29) is 11.6 Å². The van der Waals surface area contributed by atoms with Crippen LogP contribution in [0.15, 0.2) is 64.1 Å². The standard InChI is InChI=1S/C18H21FN2O.C16H17FN2S/c1-3-12(4-2)17-11-14-9-16(19)13(10-18(14)20-17)5-6-15-7-8-22-21-15;1-10(2)15-7-12-5-14(17)11(6-16(12)19-15)3-4-13-8-20-9-18-13/h7-12,20H,3-6H2,1-2H3;5-10,19H,3-4H2,1-2H3. The zero-order valence-corrected chi connectivity index (χ0v) is 25.5. The van der Waals surface area contributed by atoms with E-state index in [4.69, 9.17) is 4.52 Å². The monoisotopic (exact) mass is 588 g/mol. The molecule has 0 unspecified atom stereocenters. The van der Waals surface area contributed by atoms with Gasteiger partial charge in [-0.25, -0.2) is 13.8 Å². The van der Waals surface area contributed by atoms with E-state index in [9.17, 15) is 8.78 Å². The third-order valence-electron chi connectivity index (χ3n) is 7.94. The van der Waals surface area contributed by atoms with E-state index in [1.165, 1.54) is 5.69 Å². The van der Waals surface area contributed by atoms with Crippen LogP contribution in [-0.2, 0) is 25.7 Å². The second-order valence-corrected chi connectivity index (χ2v) is 11.9. The quantitative estimate of drug-likeness (QED) is 0.167. The topological polar surface area (TPSA) is 70.5 Å². The van der Waals surface area contributed by atoms with Crippen molar-refractivity contribution in [1.82, 2.24) is 20.1 Å². The second-order valence-electron chi connectivity index (χ2n) is 11.1. The van der Waals surface area contributed by atoms with Crippen LogP contribution in [0.25, 0.3) is 21.8 Å². The van der Waals surface area contributed by atoms with Gasteiger partial charge in [0.25, 0.3) is 0 Å². The lowest BCUT2D eigenvalue weighted by Crippen LogP contribution is -1.95. The molecule has 0 saturated heterocycles. The summed E-state index contributed by atoms with van der Waals surface area (Å²) >= 11 is 1.58. The van der Waals surface area contributed by atoms with Crippen LogP contribution >= 0.6 is 11.3 Å². The lowest BCUT2D eigenvalue weighted by Gasteiger charge is -2.08. The number of nitrogens with zero attached hydrogens (tertiary/aromatic N) is 2. The molecule has 5 nitrogen and oxygen atoms in total. The highest BCUT2D eigenvalue weighted by molar-refractivity contribution is 7.07. The molecule has 0 amide bonds. The van der Waals surface area contributed by atoms with Gasteiger partial charge in [-0.15, -0.1) is 11.3 Å². The van der Waals surface area contributed by atoms with Crippen molar-refractivity contribution in [3.8, 4) is 0 Å². The van der Waals surface area contributed by atoms with Crippen LogP contribution < -0.4 is 0 Å². The maximum atomic E-state index is 14.3. The molecule has 0 saturated carbocycles. The molecule has 0 bridgehead atoms. The number of hydrogen-bond donors (Lipinski definition) is 2. The molecule has 2 N–H and O–H groups in total. The molecule has 2 aromatic carbocycles. The van der Waals surface area contributed by atoms with Crippen LogP contribution in [0.4, 0.5) is 8.78 Å². The molecule has 42 heavy (non-hydrogen) atoms. The van der Waals surface area contributed by atoms with E-state index < -0.39 is 0 Å². The van der Waals surface area contributed by atoms with E-state index in [0.717, 1.165) is 63.7 Å². The highest BCUT2D eigenvalue weighted by Gasteiger charge is 2.13. The van der Waals surface area contributed by atoms with Crippen LogP contribution in [0.5, 0.6) is 0 Å². The smallest absolute Gasteiger partial charge is 0.127 e. The molecule has 0 radical (unpaired) electrons. The van der Waals surface area contributed by atoms with Gasteiger partial charge >= 0.3 is 0 Å². The molecule has 4 heterocycles. The predicted molar refractivity (Wildman–Crippen MR) is 167 cm³/mol. The number of thiazole rings is 1. The van der Waals surface area contributed by atoms with Gasteiger partial charge in [0, 0.05) is 44.6 Å². The Bertz CT molecular complexity index is 1710. The second kappa shape index (κ2) is 13.5. The summed E-state index contributed by atoms with van der Waals surface area (Å²) in [6.07, 6.45) is 6.48. The summed E-state index contributed by atoms with van der Waals surface area (Å²) < 4.78 is 33.2. The van der Waals surface area contributed by atoms with Gasteiger partial charge in [-0.1, -0.05) is 32.9 Å². The summed E-state index contributed by atoms with van der Waals surface area (Å²) in [6, 6.07) is 13.1. The van der Waals surface area contributed by atoms with Crippen molar-refractivity contribution in [1.29, 1.82) is 0 Å². The van der Waals surface area contributed by atoms with Crippen molar-refractivity contribution in [3.63, 3.8) is 0 Å². The Labute approximate surface area is 249 Å². The van der Waals surface area contributed by atoms with Gasteiger partial charge in [0.1, 0.15) is 17.9 Å². The third-order valence-corrected chi connectivity index (χ3v) is 8.58. The summed E-state index contributed by atoms with van der Waals surface area (Å²) in [4.78, 5) is 11.1. The first kappa shape index (κ1) is 29.7. The number of aromatic amines is 2. The SMILES string of the molecule is CC(C)c1cc2cc(F)c(CCc3cscn3)cc2[nH]1.CCC(CC)c1cc2cc(F)c(CCc3ccon3)cc2[nH]1. The van der Waals surface area contributed by atoms with Gasteiger partial charge in [-0.3, -0.25) is 0 Å². The predicted octanol–water partition coefficient (Wildman–Crippen LogP) is 9.66. The Morgan fingerprint density at radius 1 is 0.786 bits per heavy atom. The molecule has 8 heteroatoms. The maximum absolute atomic E-state index is 14.3. The Morgan fingerprint density at radius 3 is 1.90 bits per heavy atom. The Morgan fingerprint density at radius 2 is 1.38 bits per heavy atom. The minimum atomic E-state index is -0.147. The Hall–Kier alpha value is -3.78. The minimum absolute atomic E-state index is 0.123. The van der Waals surface area contributed by atoms with Gasteiger partial charge in [-0.05, 0) is 97.9 Å². The first-order valence-electron chi connectivity index (χ1n) is 14.7. The fourth-order valence-corrected chi connectivity index (χ4v) is 5.93. The number of hydrogen-bond acceptors (Lipinski definition) is 4. The molecular weight excluding hydrogens is 550 g/mol. The van der Waals surface area contributed by atoms with Gasteiger partial charge in [0.2, 0.25) is 0 Å². The highest BCUT2D eigenvalue weighted by atomic mass is 32.1. The average Bonchev–Trinajstić information content (AvgIpc) is 3.79. The first-order valence-corrected chi connectivity index (χ1v) is 15.7. The van der Waals surface area contributed by atoms with Gasteiger partial charge in [-0.2, -0.15) is 0 Å². The van der Waals surface area contributed by atoms with Crippen molar-refractivity contribution in [2.45, 2.75) is 78.1 Å². The van der Waals surface area contributed by atoms with Crippen LogP contribution in [0.3, 0.4) is 0 Å². The number of fused-ring (bicyclic) bond motifs is 2. The van der Waals surface area contributed by atoms with Crippen molar-refractivity contribution in [3.05, 3.63) is 105 Å². The Balaban J connectivity index is 0.000000169. The lowest BCUT2D eigenvalue weighted by molar-refractivity contribution is 0.411. The molecule has 0 aliphatic heterocycles. The molecule has 4 aromatic heterocycles. The fourth-order valence-electron chi connectivity index (χ4n) is 5.34. The van der Waals surface area contributed by atoms with E-state index >= 15 is 0 Å². The summed E-state index contributed by atoms with van der Waals surface area (Å²) in [5.74, 6) is 0.658. The van der Waals surface area contributed by atoms with Crippen molar-refractivity contribution in [2.75, 3.05) is 0 Å². The van der Waals surface area contributed by atoms with Crippen LogP contribution in [0, 0.1) is 11.6 Å². The van der Waals surface area contributed by atoms with E-state index in [0.29, 0.717) is 36.7 Å². The number of halogens is 2. The van der Waals surface area contributed by atoms with Crippen molar-refractivity contribution >= 4 is 33.1 Å². The number of aryl methyl sites for hydroxylation is 4. The maximum Gasteiger partial charge on any atom is 0.127 e. The normalized spacial score (nSPS) is 11.6. The zero-order valence-electron chi connectivity index (χ0n) is 24.6. The number of rotatable bonds is 10. The van der Waals surface area contributed by atoms with Gasteiger partial charge in [0.05, 0.1) is 16.9 Å². The molecule has 0 spiro atoms. The molecular formula is C34H38F2N4OS. The largest absolute Gasteiger partial charge is 0.365 e. The number of H-pyrrole nitrogens is 2. The average molecular weight is 589 g/mol. The molecule has 6 aromatic rings. The van der Waals surface area contributed by atoms with E-state index in [1.54, 1.807) is 29.7 Å². The fraction of sp³-hybridized carbons (Fsp3) is 0.353. The number of aromatic nitrogens is 4. The molecule has 6 rings (SSSR count). The lowest BCUT2D eigenvalue weighted by atomic mass is 9.99. The molecule has 220 valence electrons. The van der Waals surface area contributed by atoms with Crippen molar-refractivity contribution < 1.29 is 13.3 Å². The van der Waals surface area contributed by atoms with Crippen molar-refractivity contribution in [2.24, 2.45) is 0 Å². The highest BCUT2D eigenvalue weighted by Crippen LogP contribution is 2.28. The summed E-state index contributed by atoms with van der Waals surface area (Å²) in [5.41, 5.74) is 9.55. The Kier molecular flexibility index (Phi) is 9.52. The van der Waals surface area contributed by atoms with E-state index in [1.807, 2.05) is 35.2 Å². The van der Waals surface area contributed by atoms with Crippen LogP contribution in [0.1, 0.15) is 86.3 Å². The minimum Gasteiger partial charge on any atom is -0.365 e. The molecule has 0 atom stereocenters. The summed E-state index contributed by atoms with van der Waals surface area (Å²) in [6.45, 7) is 8.63. The molecule has 0 aliphatic carbocycles. The number of nitrogens with one attached hydrogen (secondary N) is 2. The van der Waals surface area contributed by atoms with E-state index in [2.05, 4.69) is 53.9 Å². The number of benzene rings is 2. The molecule has 0 aliphatic rings. The van der Waals surface area contributed by atoms with Gasteiger partial charge in [0.15, 0.2) is 0 Å². The first-order chi connectivity index (χ1) is 20.3. The molecule has 0 fully saturated rings. The van der Waals surface area contributed by atoms with Crippen LogP contribution in [0.2, 0.25) is 0 Å². The summed E-state index contributed by atoms with van der Waals surface area (Å²) in [5, 5.41) is 7.78. The van der Waals surface area contributed by atoms with Gasteiger partial charge < -0.3 is 14.5 Å². The van der Waals surface area contributed by atoms with Crippen LogP contribution in [-0.4, -0.2) is 20.1 Å².